The highest BCUT2D eigenvalue weighted by molar-refractivity contribution is 6.00. The third-order valence-corrected chi connectivity index (χ3v) is 5.57. The number of nitrogens with one attached hydrogen (secondary N) is 1. The molecule has 0 aliphatic carbocycles. The van der Waals surface area contributed by atoms with Crippen LogP contribution in [0, 0.1) is 0 Å². The van der Waals surface area contributed by atoms with Crippen molar-refractivity contribution in [2.45, 2.75) is 45.2 Å². The minimum Gasteiger partial charge on any atom is -0.872 e. The van der Waals surface area contributed by atoms with E-state index >= 15 is 0 Å². The maximum Gasteiger partial charge on any atom is 0.166 e. The molecule has 1 aliphatic heterocycles. The molecule has 27 heavy (non-hydrogen) atoms. The summed E-state index contributed by atoms with van der Waals surface area (Å²) in [5, 5.41) is 23.2. The topological polar surface area (TPSA) is 74.0 Å². The number of ether oxygens (including phenoxy) is 1. The molecule has 0 saturated carbocycles. The highest BCUT2D eigenvalue weighted by atomic mass is 16.5. The quantitative estimate of drug-likeness (QED) is 0.763. The van der Waals surface area contributed by atoms with Crippen LogP contribution in [-0.2, 0) is 13.0 Å². The van der Waals surface area contributed by atoms with E-state index in [9.17, 15) is 15.0 Å². The lowest BCUT2D eigenvalue weighted by Gasteiger charge is -2.32. The van der Waals surface area contributed by atoms with E-state index in [0.717, 1.165) is 24.9 Å². The average Bonchev–Trinajstić information content (AvgIpc) is 2.67. The van der Waals surface area contributed by atoms with Crippen molar-refractivity contribution >= 4 is 5.78 Å². The van der Waals surface area contributed by atoms with Crippen LogP contribution in [0.4, 0.5) is 0 Å². The summed E-state index contributed by atoms with van der Waals surface area (Å²) in [5.41, 5.74) is 1.23. The molecule has 1 aliphatic rings. The number of Topliss-reactive ketones (excluding diaryl/α,β-unsaturated/α-hetero) is 1. The van der Waals surface area contributed by atoms with Crippen molar-refractivity contribution in [2.24, 2.45) is 0 Å². The van der Waals surface area contributed by atoms with E-state index in [4.69, 9.17) is 4.74 Å². The van der Waals surface area contributed by atoms with Crippen LogP contribution in [-0.4, -0.2) is 30.6 Å². The van der Waals surface area contributed by atoms with Crippen LogP contribution >= 0.6 is 0 Å². The first-order chi connectivity index (χ1) is 13.0. The molecule has 5 nitrogen and oxygen atoms in total. The summed E-state index contributed by atoms with van der Waals surface area (Å²) >= 11 is 0. The molecule has 0 radical (unpaired) electrons. The highest BCUT2D eigenvalue weighted by Crippen LogP contribution is 2.30. The fraction of sp³-hybridized carbons (Fsp3) is 0.409. The minimum atomic E-state index is -0.347. The summed E-state index contributed by atoms with van der Waals surface area (Å²) in [6, 6.07) is 10.7. The summed E-state index contributed by atoms with van der Waals surface area (Å²) in [4.78, 5) is 14.1. The second-order valence-electron chi connectivity index (χ2n) is 7.33. The molecule has 0 amide bonds. The number of para-hydroxylation sites is 1. The molecule has 5 heteroatoms. The molecule has 2 aromatic rings. The van der Waals surface area contributed by atoms with Gasteiger partial charge in [-0.15, -0.1) is 0 Å². The van der Waals surface area contributed by atoms with Crippen molar-refractivity contribution in [3.63, 3.8) is 0 Å². The monoisotopic (exact) mass is 369 g/mol. The normalized spacial score (nSPS) is 19.6. The fourth-order valence-electron chi connectivity index (χ4n) is 3.87. The Bertz CT molecular complexity index is 818. The summed E-state index contributed by atoms with van der Waals surface area (Å²) in [6.07, 6.45) is 3.55. The van der Waals surface area contributed by atoms with Crippen molar-refractivity contribution in [2.75, 3.05) is 13.7 Å². The molecule has 2 aromatic carbocycles. The fourth-order valence-corrected chi connectivity index (χ4v) is 3.87. The van der Waals surface area contributed by atoms with Gasteiger partial charge < -0.3 is 19.8 Å². The van der Waals surface area contributed by atoms with E-state index < -0.39 is 0 Å². The van der Waals surface area contributed by atoms with Gasteiger partial charge in [-0.05, 0) is 44.4 Å². The van der Waals surface area contributed by atoms with Crippen LogP contribution in [0.1, 0.15) is 47.7 Å². The number of hydrogen-bond donors (Lipinski definition) is 2. The molecule has 2 N–H and O–H groups in total. The molecule has 3 rings (SSSR count). The summed E-state index contributed by atoms with van der Waals surface area (Å²) < 4.78 is 5.29. The Morgan fingerprint density at radius 2 is 2.04 bits per heavy atom. The zero-order valence-corrected chi connectivity index (χ0v) is 16.0. The van der Waals surface area contributed by atoms with Crippen LogP contribution in [0.15, 0.2) is 36.4 Å². The van der Waals surface area contributed by atoms with Crippen molar-refractivity contribution < 1.29 is 24.6 Å². The molecule has 0 spiro atoms. The second kappa shape index (κ2) is 8.44. The largest absolute Gasteiger partial charge is 0.872 e. The average molecular weight is 369 g/mol. The summed E-state index contributed by atoms with van der Waals surface area (Å²) in [6.45, 7) is 3.62. The molecule has 1 fully saturated rings. The van der Waals surface area contributed by atoms with Crippen LogP contribution in [0.5, 0.6) is 17.2 Å². The smallest absolute Gasteiger partial charge is 0.166 e. The first-order valence-electron chi connectivity index (χ1n) is 9.52. The van der Waals surface area contributed by atoms with Crippen LogP contribution < -0.4 is 14.7 Å². The van der Waals surface area contributed by atoms with Crippen molar-refractivity contribution in [1.29, 1.82) is 0 Å². The van der Waals surface area contributed by atoms with E-state index in [1.165, 1.54) is 23.5 Å². The van der Waals surface area contributed by atoms with Gasteiger partial charge in [-0.3, -0.25) is 4.79 Å². The number of rotatable bonds is 6. The van der Waals surface area contributed by atoms with E-state index in [0.29, 0.717) is 23.9 Å². The van der Waals surface area contributed by atoms with Gasteiger partial charge in [0.05, 0.1) is 19.7 Å². The van der Waals surface area contributed by atoms with E-state index in [1.807, 2.05) is 18.2 Å². The summed E-state index contributed by atoms with van der Waals surface area (Å²) in [7, 11) is 1.56. The molecular formula is C22H27NO4. The Morgan fingerprint density at radius 3 is 2.78 bits per heavy atom. The summed E-state index contributed by atoms with van der Waals surface area (Å²) in [5.74, 6) is 0.00983. The van der Waals surface area contributed by atoms with Gasteiger partial charge in [0.1, 0.15) is 18.0 Å². The molecule has 1 unspecified atom stereocenters. The molecule has 1 saturated heterocycles. The number of phenolic OH excluding ortho intramolecular Hbond substituents is 1. The van der Waals surface area contributed by atoms with Gasteiger partial charge >= 0.3 is 0 Å². The van der Waals surface area contributed by atoms with Gasteiger partial charge in [0.15, 0.2) is 5.78 Å². The Morgan fingerprint density at radius 1 is 1.26 bits per heavy atom. The van der Waals surface area contributed by atoms with Gasteiger partial charge in [-0.25, -0.2) is 0 Å². The standard InChI is InChI=1S/C22H27NO4/c1-15-7-5-6-12-23(15)14-18-19(24)11-10-17(22(18)26)20(25)13-16-8-3-4-9-21(16)27-2/h3-4,8-11,15,24,26H,5-7,12-14H2,1-2H3/t15-/m0/s1. The molecular weight excluding hydrogens is 342 g/mol. The number of aromatic hydroxyl groups is 1. The van der Waals surface area contributed by atoms with Gasteiger partial charge in [-0.2, -0.15) is 0 Å². The van der Waals surface area contributed by atoms with Gasteiger partial charge in [0.25, 0.3) is 0 Å². The van der Waals surface area contributed by atoms with Gasteiger partial charge in [-0.1, -0.05) is 23.9 Å². The first-order valence-corrected chi connectivity index (χ1v) is 9.52. The number of likely N-dealkylation sites (tertiary alicyclic amines) is 1. The van der Waals surface area contributed by atoms with Crippen LogP contribution in [0.3, 0.4) is 0 Å². The number of phenols is 1. The molecule has 144 valence electrons. The predicted octanol–water partition coefficient (Wildman–Crippen LogP) is 1.86. The zero-order valence-electron chi connectivity index (χ0n) is 16.0. The maximum atomic E-state index is 12.9. The first kappa shape index (κ1) is 19.2. The minimum absolute atomic E-state index is 0.0147. The number of benzene rings is 2. The number of quaternary nitrogens is 1. The lowest BCUT2D eigenvalue weighted by Crippen LogP contribution is -3.14. The van der Waals surface area contributed by atoms with Crippen molar-refractivity contribution in [1.82, 2.24) is 0 Å². The molecule has 0 aromatic heterocycles. The Balaban J connectivity index is 1.84. The maximum absolute atomic E-state index is 12.9. The number of methoxy groups -OCH3 is 1. The zero-order chi connectivity index (χ0) is 19.4. The number of carbonyl (C=O) groups excluding carboxylic acids is 1. The molecule has 1 heterocycles. The van der Waals surface area contributed by atoms with E-state index in [-0.39, 0.29) is 29.3 Å². The van der Waals surface area contributed by atoms with E-state index in [1.54, 1.807) is 13.2 Å². The van der Waals surface area contributed by atoms with Gasteiger partial charge in [0, 0.05) is 23.1 Å². The number of hydrogen-bond acceptors (Lipinski definition) is 4. The Kier molecular flexibility index (Phi) is 6.01. The SMILES string of the molecule is COc1ccccc1CC(=O)c1ccc(O)c(C[NH+]2CCCC[C@@H]2C)c1[O-]. The lowest BCUT2D eigenvalue weighted by atomic mass is 9.97. The predicted molar refractivity (Wildman–Crippen MR) is 101 cm³/mol. The molecule has 2 atom stereocenters. The van der Waals surface area contributed by atoms with Crippen LogP contribution in [0.25, 0.3) is 0 Å². The van der Waals surface area contributed by atoms with Gasteiger partial charge in [0.2, 0.25) is 0 Å². The molecule has 0 bridgehead atoms. The lowest BCUT2D eigenvalue weighted by molar-refractivity contribution is -0.942. The second-order valence-corrected chi connectivity index (χ2v) is 7.33. The number of carbonyl (C=O) groups is 1. The third kappa shape index (κ3) is 4.25. The van der Waals surface area contributed by atoms with Crippen molar-refractivity contribution in [3.05, 3.63) is 53.1 Å². The van der Waals surface area contributed by atoms with E-state index in [2.05, 4.69) is 6.92 Å². The van der Waals surface area contributed by atoms with Crippen molar-refractivity contribution in [3.8, 4) is 17.2 Å². The Labute approximate surface area is 160 Å². The number of piperidine rings is 1. The third-order valence-electron chi connectivity index (χ3n) is 5.57. The van der Waals surface area contributed by atoms with Crippen LogP contribution in [0.2, 0.25) is 0 Å². The number of ketones is 1. The Hall–Kier alpha value is -2.53. The highest BCUT2D eigenvalue weighted by Gasteiger charge is 2.24.